The van der Waals surface area contributed by atoms with Gasteiger partial charge in [0.25, 0.3) is 0 Å². The molecular weight excluding hydrogens is 226 g/mol. The van der Waals surface area contributed by atoms with Crippen LogP contribution in [0.1, 0.15) is 59.8 Å². The molecular formula is C15H31NS. The van der Waals surface area contributed by atoms with Crippen LogP contribution in [0, 0.1) is 17.3 Å². The molecule has 2 heteroatoms. The average molecular weight is 257 g/mol. The third-order valence-corrected chi connectivity index (χ3v) is 5.32. The molecule has 0 heterocycles. The van der Waals surface area contributed by atoms with Crippen LogP contribution >= 0.6 is 11.8 Å². The van der Waals surface area contributed by atoms with E-state index >= 15 is 0 Å². The molecule has 1 nitrogen and oxygen atoms in total. The Kier molecular flexibility index (Phi) is 6.36. The van der Waals surface area contributed by atoms with Crippen LogP contribution in [0.2, 0.25) is 0 Å². The standard InChI is InChI=1S/C15H31NS/c1-5-17-10-6-7-12-11-13(15(2,3)4)8-9-14(12)16/h12-14H,5-11,16H2,1-4H3. The zero-order chi connectivity index (χ0) is 12.9. The van der Waals surface area contributed by atoms with E-state index in [1.54, 1.807) is 0 Å². The van der Waals surface area contributed by atoms with Crippen molar-refractivity contribution in [2.24, 2.45) is 23.0 Å². The van der Waals surface area contributed by atoms with Gasteiger partial charge in [-0.2, -0.15) is 11.8 Å². The lowest BCUT2D eigenvalue weighted by molar-refractivity contribution is 0.122. The minimum Gasteiger partial charge on any atom is -0.327 e. The number of hydrogen-bond donors (Lipinski definition) is 1. The van der Waals surface area contributed by atoms with Gasteiger partial charge < -0.3 is 5.73 Å². The highest BCUT2D eigenvalue weighted by Crippen LogP contribution is 2.41. The summed E-state index contributed by atoms with van der Waals surface area (Å²) in [7, 11) is 0. The largest absolute Gasteiger partial charge is 0.327 e. The lowest BCUT2D eigenvalue weighted by Crippen LogP contribution is -2.39. The van der Waals surface area contributed by atoms with Crippen LogP contribution in [0.15, 0.2) is 0 Å². The smallest absolute Gasteiger partial charge is 0.00673 e. The lowest BCUT2D eigenvalue weighted by Gasteiger charge is -2.40. The van der Waals surface area contributed by atoms with Crippen LogP contribution in [0.4, 0.5) is 0 Å². The van der Waals surface area contributed by atoms with Crippen molar-refractivity contribution in [1.29, 1.82) is 0 Å². The van der Waals surface area contributed by atoms with E-state index in [1.807, 2.05) is 0 Å². The molecule has 0 aliphatic heterocycles. The molecule has 1 fully saturated rings. The third kappa shape index (κ3) is 5.21. The van der Waals surface area contributed by atoms with Gasteiger partial charge in [-0.1, -0.05) is 27.7 Å². The summed E-state index contributed by atoms with van der Waals surface area (Å²) < 4.78 is 0. The number of nitrogens with two attached hydrogens (primary N) is 1. The van der Waals surface area contributed by atoms with Crippen LogP contribution in [0.3, 0.4) is 0 Å². The Morgan fingerprint density at radius 1 is 1.24 bits per heavy atom. The summed E-state index contributed by atoms with van der Waals surface area (Å²) in [5.74, 6) is 4.23. The number of rotatable bonds is 5. The molecule has 1 saturated carbocycles. The topological polar surface area (TPSA) is 26.0 Å². The third-order valence-electron chi connectivity index (χ3n) is 4.33. The molecule has 2 N–H and O–H groups in total. The van der Waals surface area contributed by atoms with Crippen molar-refractivity contribution >= 4 is 11.8 Å². The molecule has 3 atom stereocenters. The van der Waals surface area contributed by atoms with Crippen molar-refractivity contribution in [2.75, 3.05) is 11.5 Å². The summed E-state index contributed by atoms with van der Waals surface area (Å²) in [6.07, 6.45) is 6.65. The van der Waals surface area contributed by atoms with E-state index in [1.165, 1.54) is 43.6 Å². The van der Waals surface area contributed by atoms with Gasteiger partial charge in [-0.15, -0.1) is 0 Å². The van der Waals surface area contributed by atoms with Crippen LogP contribution in [-0.4, -0.2) is 17.5 Å². The van der Waals surface area contributed by atoms with Crippen molar-refractivity contribution in [2.45, 2.75) is 65.8 Å². The van der Waals surface area contributed by atoms with Crippen molar-refractivity contribution in [1.82, 2.24) is 0 Å². The van der Waals surface area contributed by atoms with Crippen LogP contribution in [0.5, 0.6) is 0 Å². The maximum absolute atomic E-state index is 6.29. The molecule has 1 aliphatic carbocycles. The summed E-state index contributed by atoms with van der Waals surface area (Å²) in [5, 5.41) is 0. The van der Waals surface area contributed by atoms with Gasteiger partial charge in [-0.3, -0.25) is 0 Å². The normalized spacial score (nSPS) is 30.5. The molecule has 0 radical (unpaired) electrons. The fourth-order valence-electron chi connectivity index (χ4n) is 3.00. The number of hydrogen-bond acceptors (Lipinski definition) is 2. The van der Waals surface area contributed by atoms with Gasteiger partial charge >= 0.3 is 0 Å². The van der Waals surface area contributed by atoms with E-state index in [2.05, 4.69) is 39.5 Å². The summed E-state index contributed by atoms with van der Waals surface area (Å²) in [4.78, 5) is 0. The maximum atomic E-state index is 6.29. The second-order valence-corrected chi connectivity index (χ2v) is 8.03. The molecule has 0 aromatic rings. The molecule has 3 unspecified atom stereocenters. The van der Waals surface area contributed by atoms with E-state index in [4.69, 9.17) is 5.73 Å². The molecule has 1 rings (SSSR count). The van der Waals surface area contributed by atoms with Gasteiger partial charge in [0.2, 0.25) is 0 Å². The summed E-state index contributed by atoms with van der Waals surface area (Å²) in [6.45, 7) is 9.40. The summed E-state index contributed by atoms with van der Waals surface area (Å²) >= 11 is 2.06. The molecule has 17 heavy (non-hydrogen) atoms. The predicted octanol–water partition coefficient (Wildman–Crippen LogP) is 4.31. The lowest BCUT2D eigenvalue weighted by atomic mass is 9.67. The van der Waals surface area contributed by atoms with Gasteiger partial charge in [0.15, 0.2) is 0 Å². The van der Waals surface area contributed by atoms with Crippen molar-refractivity contribution in [3.63, 3.8) is 0 Å². The van der Waals surface area contributed by atoms with E-state index in [0.717, 1.165) is 11.8 Å². The molecule has 0 spiro atoms. The first kappa shape index (κ1) is 15.4. The fourth-order valence-corrected chi connectivity index (χ4v) is 3.66. The first-order chi connectivity index (χ1) is 7.95. The van der Waals surface area contributed by atoms with Gasteiger partial charge in [-0.25, -0.2) is 0 Å². The Morgan fingerprint density at radius 3 is 2.53 bits per heavy atom. The van der Waals surface area contributed by atoms with Crippen LogP contribution in [0.25, 0.3) is 0 Å². The van der Waals surface area contributed by atoms with E-state index in [0.29, 0.717) is 11.5 Å². The Balaban J connectivity index is 2.36. The zero-order valence-corrected chi connectivity index (χ0v) is 13.0. The van der Waals surface area contributed by atoms with E-state index < -0.39 is 0 Å². The second-order valence-electron chi connectivity index (χ2n) is 6.64. The number of thioether (sulfide) groups is 1. The first-order valence-corrected chi connectivity index (χ1v) is 8.44. The van der Waals surface area contributed by atoms with Gasteiger partial charge in [-0.05, 0) is 60.9 Å². The predicted molar refractivity (Wildman–Crippen MR) is 80.5 cm³/mol. The quantitative estimate of drug-likeness (QED) is 0.743. The average Bonchev–Trinajstić information content (AvgIpc) is 2.25. The van der Waals surface area contributed by atoms with Crippen molar-refractivity contribution in [3.05, 3.63) is 0 Å². The first-order valence-electron chi connectivity index (χ1n) is 7.28. The minimum absolute atomic E-state index is 0.469. The fraction of sp³-hybridized carbons (Fsp3) is 1.00. The van der Waals surface area contributed by atoms with Gasteiger partial charge in [0.1, 0.15) is 0 Å². The molecule has 1 aliphatic rings. The Morgan fingerprint density at radius 2 is 1.94 bits per heavy atom. The van der Waals surface area contributed by atoms with Crippen molar-refractivity contribution < 1.29 is 0 Å². The summed E-state index contributed by atoms with van der Waals surface area (Å²) in [6, 6.07) is 0.472. The Bertz CT molecular complexity index is 209. The van der Waals surface area contributed by atoms with Gasteiger partial charge in [0.05, 0.1) is 0 Å². The monoisotopic (exact) mass is 257 g/mol. The Hall–Kier alpha value is 0.310. The molecule has 0 aromatic carbocycles. The molecule has 0 bridgehead atoms. The second kappa shape index (κ2) is 7.04. The van der Waals surface area contributed by atoms with Crippen LogP contribution < -0.4 is 5.73 Å². The van der Waals surface area contributed by atoms with E-state index in [-0.39, 0.29) is 0 Å². The van der Waals surface area contributed by atoms with Crippen LogP contribution in [-0.2, 0) is 0 Å². The molecule has 0 aromatic heterocycles. The minimum atomic E-state index is 0.469. The zero-order valence-electron chi connectivity index (χ0n) is 12.2. The van der Waals surface area contributed by atoms with E-state index in [9.17, 15) is 0 Å². The Labute approximate surface area is 112 Å². The SMILES string of the molecule is CCSCCCC1CC(C(C)(C)C)CCC1N. The highest BCUT2D eigenvalue weighted by Gasteiger charge is 2.33. The highest BCUT2D eigenvalue weighted by molar-refractivity contribution is 7.99. The highest BCUT2D eigenvalue weighted by atomic mass is 32.2. The molecule has 102 valence electrons. The molecule has 0 saturated heterocycles. The van der Waals surface area contributed by atoms with Crippen molar-refractivity contribution in [3.8, 4) is 0 Å². The molecule has 0 amide bonds. The summed E-state index contributed by atoms with van der Waals surface area (Å²) in [5.41, 5.74) is 6.76. The maximum Gasteiger partial charge on any atom is 0.00673 e. The van der Waals surface area contributed by atoms with Gasteiger partial charge in [0, 0.05) is 6.04 Å².